The molecule has 0 spiro atoms. The predicted octanol–water partition coefficient (Wildman–Crippen LogP) is 2.90. The highest BCUT2D eigenvalue weighted by Crippen LogP contribution is 2.30. The quantitative estimate of drug-likeness (QED) is 0.688. The van der Waals surface area contributed by atoms with E-state index in [0.29, 0.717) is 0 Å². The van der Waals surface area contributed by atoms with E-state index in [1.807, 2.05) is 0 Å². The molecule has 0 atom stereocenters. The Hall–Kier alpha value is -1.30. The van der Waals surface area contributed by atoms with Gasteiger partial charge in [-0.25, -0.2) is 9.97 Å². The summed E-state index contributed by atoms with van der Waals surface area (Å²) < 4.78 is 40.7. The first-order valence-electron chi connectivity index (χ1n) is 3.46. The van der Waals surface area contributed by atoms with Crippen LogP contribution in [0, 0.1) is 0 Å². The summed E-state index contributed by atoms with van der Waals surface area (Å²) in [5.41, 5.74) is -0.188. The number of rotatable bonds is 0. The molecule has 2 aromatic heterocycles. The van der Waals surface area contributed by atoms with Gasteiger partial charge in [0.25, 0.3) is 0 Å². The van der Waals surface area contributed by atoms with Gasteiger partial charge in [-0.15, -0.1) is 0 Å². The van der Waals surface area contributed by atoms with Crippen molar-refractivity contribution in [2.75, 3.05) is 0 Å². The zero-order valence-corrected chi connectivity index (χ0v) is 7.23. The molecule has 3 nitrogen and oxygen atoms in total. The van der Waals surface area contributed by atoms with Gasteiger partial charge in [-0.3, -0.25) is 0 Å². The van der Waals surface area contributed by atoms with Crippen molar-refractivity contribution < 1.29 is 17.6 Å². The van der Waals surface area contributed by atoms with Crippen molar-refractivity contribution in [1.82, 2.24) is 9.97 Å². The molecule has 2 aromatic rings. The minimum absolute atomic E-state index is 0.00942. The lowest BCUT2D eigenvalue weighted by Crippen LogP contribution is -2.04. The monoisotopic (exact) mass is 222 g/mol. The molecule has 0 aliphatic heterocycles. The van der Waals surface area contributed by atoms with Crippen molar-refractivity contribution in [3.05, 3.63) is 23.2 Å². The summed E-state index contributed by atoms with van der Waals surface area (Å²) in [5, 5.41) is 0.208. The molecule has 0 unspecified atom stereocenters. The third-order valence-corrected chi connectivity index (χ3v) is 1.66. The summed E-state index contributed by atoms with van der Waals surface area (Å²) in [6.45, 7) is 0. The fourth-order valence-corrected chi connectivity index (χ4v) is 1.07. The lowest BCUT2D eigenvalue weighted by Gasteiger charge is -1.96. The maximum Gasteiger partial charge on any atom is 0.469 e. The van der Waals surface area contributed by atoms with Crippen LogP contribution in [0.3, 0.4) is 0 Å². The lowest BCUT2D eigenvalue weighted by atomic mass is 10.4. The van der Waals surface area contributed by atoms with Gasteiger partial charge in [0.1, 0.15) is 5.52 Å². The fraction of sp³-hybridized carbons (Fsp3) is 0.143. The highest BCUT2D eigenvalue weighted by atomic mass is 35.5. The van der Waals surface area contributed by atoms with E-state index < -0.39 is 12.1 Å². The number of hydrogen-bond acceptors (Lipinski definition) is 3. The highest BCUT2D eigenvalue weighted by molar-refractivity contribution is 6.30. The van der Waals surface area contributed by atoms with E-state index in [9.17, 15) is 13.2 Å². The molecule has 0 N–H and O–H groups in total. The molecule has 0 amide bonds. The average molecular weight is 223 g/mol. The Bertz CT molecular complexity index is 479. The van der Waals surface area contributed by atoms with Crippen LogP contribution in [-0.2, 0) is 6.18 Å². The maximum atomic E-state index is 12.1. The molecule has 0 bridgehead atoms. The number of hydrogen-bond donors (Lipinski definition) is 0. The van der Waals surface area contributed by atoms with Crippen LogP contribution < -0.4 is 0 Å². The summed E-state index contributed by atoms with van der Waals surface area (Å²) in [5.74, 6) is -1.32. The number of oxazole rings is 1. The van der Waals surface area contributed by atoms with Gasteiger partial charge in [0, 0.05) is 6.20 Å². The summed E-state index contributed by atoms with van der Waals surface area (Å²) >= 11 is 5.52. The number of alkyl halides is 3. The smallest absolute Gasteiger partial charge is 0.414 e. The molecule has 14 heavy (non-hydrogen) atoms. The molecule has 0 saturated carbocycles. The highest BCUT2D eigenvalue weighted by Gasteiger charge is 2.37. The molecule has 0 fully saturated rings. The van der Waals surface area contributed by atoms with E-state index in [-0.39, 0.29) is 16.3 Å². The van der Waals surface area contributed by atoms with Crippen LogP contribution in [-0.4, -0.2) is 9.97 Å². The van der Waals surface area contributed by atoms with Crippen LogP contribution in [0.5, 0.6) is 0 Å². The first kappa shape index (κ1) is 9.26. The van der Waals surface area contributed by atoms with Crippen LogP contribution in [0.25, 0.3) is 11.2 Å². The van der Waals surface area contributed by atoms with Crippen LogP contribution in [0.2, 0.25) is 5.02 Å². The fourth-order valence-electron chi connectivity index (χ4n) is 0.920. The summed E-state index contributed by atoms with van der Waals surface area (Å²) in [7, 11) is 0. The van der Waals surface area contributed by atoms with E-state index in [1.165, 1.54) is 12.3 Å². The molecule has 74 valence electrons. The van der Waals surface area contributed by atoms with Crippen molar-refractivity contribution in [1.29, 1.82) is 0 Å². The molecule has 2 heterocycles. The SMILES string of the molecule is FC(F)(F)c1nc2cc(Cl)cnc2o1. The van der Waals surface area contributed by atoms with E-state index >= 15 is 0 Å². The summed E-state index contributed by atoms with van der Waals surface area (Å²) in [4.78, 5) is 6.76. The molecule has 0 aliphatic carbocycles. The van der Waals surface area contributed by atoms with Crippen molar-refractivity contribution in [3.63, 3.8) is 0 Å². The largest absolute Gasteiger partial charge is 0.469 e. The van der Waals surface area contributed by atoms with Gasteiger partial charge in [-0.1, -0.05) is 11.6 Å². The Balaban J connectivity index is 2.63. The number of nitrogens with zero attached hydrogens (tertiary/aromatic N) is 2. The Morgan fingerprint density at radius 1 is 1.36 bits per heavy atom. The molecule has 7 heteroatoms. The second kappa shape index (κ2) is 2.84. The van der Waals surface area contributed by atoms with E-state index in [2.05, 4.69) is 14.4 Å². The van der Waals surface area contributed by atoms with Gasteiger partial charge in [-0.05, 0) is 6.07 Å². The maximum absolute atomic E-state index is 12.1. The van der Waals surface area contributed by atoms with Gasteiger partial charge >= 0.3 is 12.1 Å². The molecular weight excluding hydrogens is 221 g/mol. The Morgan fingerprint density at radius 3 is 2.71 bits per heavy atom. The third-order valence-electron chi connectivity index (χ3n) is 1.46. The second-order valence-corrected chi connectivity index (χ2v) is 2.93. The average Bonchev–Trinajstić information content (AvgIpc) is 2.45. The third kappa shape index (κ3) is 1.52. The van der Waals surface area contributed by atoms with E-state index in [0.717, 1.165) is 0 Å². The van der Waals surface area contributed by atoms with Gasteiger partial charge in [0.05, 0.1) is 5.02 Å². The second-order valence-electron chi connectivity index (χ2n) is 2.49. The van der Waals surface area contributed by atoms with E-state index in [4.69, 9.17) is 11.6 Å². The zero-order chi connectivity index (χ0) is 10.3. The molecule has 0 saturated heterocycles. The zero-order valence-electron chi connectivity index (χ0n) is 6.47. The van der Waals surface area contributed by atoms with Crippen molar-refractivity contribution in [2.45, 2.75) is 6.18 Å². The Labute approximate surface area is 80.5 Å². The molecule has 0 aliphatic rings. The van der Waals surface area contributed by atoms with Crippen molar-refractivity contribution in [3.8, 4) is 0 Å². The van der Waals surface area contributed by atoms with Crippen LogP contribution in [0.4, 0.5) is 13.2 Å². The molecule has 0 aromatic carbocycles. The number of fused-ring (bicyclic) bond motifs is 1. The minimum atomic E-state index is -4.60. The summed E-state index contributed by atoms with van der Waals surface area (Å²) in [6.07, 6.45) is -3.41. The van der Waals surface area contributed by atoms with Crippen molar-refractivity contribution in [2.24, 2.45) is 0 Å². The first-order valence-corrected chi connectivity index (χ1v) is 3.84. The molecule has 0 radical (unpaired) electrons. The number of aromatic nitrogens is 2. The van der Waals surface area contributed by atoms with Crippen LogP contribution >= 0.6 is 11.6 Å². The predicted molar refractivity (Wildman–Crippen MR) is 41.8 cm³/mol. The number of pyridine rings is 1. The topological polar surface area (TPSA) is 38.9 Å². The van der Waals surface area contributed by atoms with E-state index in [1.54, 1.807) is 0 Å². The number of halogens is 4. The lowest BCUT2D eigenvalue weighted by molar-refractivity contribution is -0.156. The normalized spacial score (nSPS) is 12.3. The minimum Gasteiger partial charge on any atom is -0.414 e. The molecular formula is C7H2ClF3N2O. The summed E-state index contributed by atoms with van der Waals surface area (Å²) in [6, 6.07) is 1.25. The van der Waals surface area contributed by atoms with Gasteiger partial charge in [0.15, 0.2) is 0 Å². The van der Waals surface area contributed by atoms with Crippen LogP contribution in [0.15, 0.2) is 16.7 Å². The first-order chi connectivity index (χ1) is 6.47. The Morgan fingerprint density at radius 2 is 2.07 bits per heavy atom. The van der Waals surface area contributed by atoms with Crippen molar-refractivity contribution >= 4 is 22.8 Å². The van der Waals surface area contributed by atoms with Gasteiger partial charge in [0.2, 0.25) is 5.71 Å². The van der Waals surface area contributed by atoms with Gasteiger partial charge in [-0.2, -0.15) is 13.2 Å². The molecule has 2 rings (SSSR count). The standard InChI is InChI=1S/C7H2ClF3N2O/c8-3-1-4-5(12-2-3)14-6(13-4)7(9,10)11/h1-2H. The van der Waals surface area contributed by atoms with Crippen LogP contribution in [0.1, 0.15) is 5.89 Å². The van der Waals surface area contributed by atoms with Gasteiger partial charge < -0.3 is 4.42 Å². The Kier molecular flexibility index (Phi) is 1.88.